The fourth-order valence-corrected chi connectivity index (χ4v) is 2.20. The molecule has 17 heavy (non-hydrogen) atoms. The Kier molecular flexibility index (Phi) is 2.88. The van der Waals surface area contributed by atoms with Gasteiger partial charge in [-0.1, -0.05) is 12.1 Å². The van der Waals surface area contributed by atoms with Gasteiger partial charge in [-0.15, -0.1) is 0 Å². The first-order valence-corrected chi connectivity index (χ1v) is 5.63. The largest absolute Gasteiger partial charge is 0.480 e. The van der Waals surface area contributed by atoms with Gasteiger partial charge in [0.1, 0.15) is 6.04 Å². The molecule has 1 heterocycles. The molecule has 0 spiro atoms. The molecule has 1 aliphatic rings. The van der Waals surface area contributed by atoms with Crippen LogP contribution in [0.2, 0.25) is 0 Å². The van der Waals surface area contributed by atoms with E-state index in [4.69, 9.17) is 5.11 Å². The molecule has 0 bridgehead atoms. The molecular weight excluding hydrogens is 218 g/mol. The maximum absolute atomic E-state index is 11.8. The van der Waals surface area contributed by atoms with Crippen molar-refractivity contribution in [2.45, 2.75) is 32.7 Å². The van der Waals surface area contributed by atoms with Gasteiger partial charge in [0.2, 0.25) is 5.91 Å². The van der Waals surface area contributed by atoms with Gasteiger partial charge in [0, 0.05) is 12.1 Å². The number of rotatable bonds is 2. The van der Waals surface area contributed by atoms with Crippen LogP contribution in [0, 0.1) is 13.8 Å². The van der Waals surface area contributed by atoms with Crippen molar-refractivity contribution in [1.82, 2.24) is 0 Å². The minimum Gasteiger partial charge on any atom is -0.480 e. The Bertz CT molecular complexity index is 482. The molecular formula is C13H15NO3. The smallest absolute Gasteiger partial charge is 0.326 e. The highest BCUT2D eigenvalue weighted by atomic mass is 16.4. The van der Waals surface area contributed by atoms with Crippen LogP contribution in [-0.4, -0.2) is 23.0 Å². The fraction of sp³-hybridized carbons (Fsp3) is 0.385. The lowest BCUT2D eigenvalue weighted by atomic mass is 10.1. The number of carbonyl (C=O) groups is 2. The number of aliphatic carboxylic acids is 1. The van der Waals surface area contributed by atoms with E-state index < -0.39 is 12.0 Å². The van der Waals surface area contributed by atoms with Gasteiger partial charge in [-0.25, -0.2) is 4.79 Å². The SMILES string of the molecule is Cc1ccc(C)c(N2C(=O)CCC2C(=O)O)c1. The number of hydrogen-bond acceptors (Lipinski definition) is 2. The van der Waals surface area contributed by atoms with E-state index in [2.05, 4.69) is 0 Å². The Morgan fingerprint density at radius 1 is 1.41 bits per heavy atom. The number of aryl methyl sites for hydroxylation is 2. The Hall–Kier alpha value is -1.84. The molecule has 4 nitrogen and oxygen atoms in total. The number of nitrogens with zero attached hydrogens (tertiary/aromatic N) is 1. The third kappa shape index (κ3) is 2.02. The maximum atomic E-state index is 11.8. The van der Waals surface area contributed by atoms with Gasteiger partial charge in [0.25, 0.3) is 0 Å². The molecule has 1 N–H and O–H groups in total. The van der Waals surface area contributed by atoms with Gasteiger partial charge in [-0.3, -0.25) is 9.69 Å². The molecule has 1 unspecified atom stereocenters. The van der Waals surface area contributed by atoms with Crippen LogP contribution in [0.15, 0.2) is 18.2 Å². The number of hydrogen-bond donors (Lipinski definition) is 1. The number of carboxylic acids is 1. The van der Waals surface area contributed by atoms with E-state index in [9.17, 15) is 9.59 Å². The predicted molar refractivity (Wildman–Crippen MR) is 64.1 cm³/mol. The zero-order chi connectivity index (χ0) is 12.6. The molecule has 1 amide bonds. The van der Waals surface area contributed by atoms with E-state index in [1.165, 1.54) is 4.90 Å². The lowest BCUT2D eigenvalue weighted by Gasteiger charge is -2.23. The molecule has 1 atom stereocenters. The van der Waals surface area contributed by atoms with Gasteiger partial charge in [0.15, 0.2) is 0 Å². The maximum Gasteiger partial charge on any atom is 0.326 e. The van der Waals surface area contributed by atoms with Crippen LogP contribution in [0.25, 0.3) is 0 Å². The Morgan fingerprint density at radius 2 is 2.12 bits per heavy atom. The fourth-order valence-electron chi connectivity index (χ4n) is 2.20. The molecule has 0 aliphatic carbocycles. The standard InChI is InChI=1S/C13H15NO3/c1-8-3-4-9(2)11(7-8)14-10(13(16)17)5-6-12(14)15/h3-4,7,10H,5-6H2,1-2H3,(H,16,17). The van der Waals surface area contributed by atoms with Gasteiger partial charge in [-0.05, 0) is 37.5 Å². The molecule has 1 saturated heterocycles. The molecule has 90 valence electrons. The first-order valence-electron chi connectivity index (χ1n) is 5.63. The predicted octanol–water partition coefficient (Wildman–Crippen LogP) is 1.88. The molecule has 2 rings (SSSR count). The highest BCUT2D eigenvalue weighted by Gasteiger charge is 2.37. The first-order chi connectivity index (χ1) is 8.00. The second-order valence-corrected chi connectivity index (χ2v) is 4.45. The van der Waals surface area contributed by atoms with Crippen LogP contribution < -0.4 is 4.90 Å². The minimum atomic E-state index is -0.934. The van der Waals surface area contributed by atoms with Crippen molar-refractivity contribution in [3.8, 4) is 0 Å². The number of carboxylic acid groups (broad SMARTS) is 1. The van der Waals surface area contributed by atoms with Gasteiger partial charge in [0.05, 0.1) is 0 Å². The molecule has 0 radical (unpaired) electrons. The van der Waals surface area contributed by atoms with Crippen LogP contribution in [0.3, 0.4) is 0 Å². The summed E-state index contributed by atoms with van der Waals surface area (Å²) in [6.45, 7) is 3.82. The highest BCUT2D eigenvalue weighted by molar-refractivity contribution is 6.02. The van der Waals surface area contributed by atoms with Crippen LogP contribution >= 0.6 is 0 Å². The Morgan fingerprint density at radius 3 is 2.76 bits per heavy atom. The van der Waals surface area contributed by atoms with Crippen LogP contribution in [0.4, 0.5) is 5.69 Å². The van der Waals surface area contributed by atoms with Crippen LogP contribution in [-0.2, 0) is 9.59 Å². The lowest BCUT2D eigenvalue weighted by Crippen LogP contribution is -2.39. The van der Waals surface area contributed by atoms with E-state index in [-0.39, 0.29) is 5.91 Å². The summed E-state index contributed by atoms with van der Waals surface area (Å²) >= 11 is 0. The molecule has 1 aromatic rings. The van der Waals surface area contributed by atoms with E-state index in [1.54, 1.807) is 0 Å². The van der Waals surface area contributed by atoms with Crippen molar-refractivity contribution in [3.05, 3.63) is 29.3 Å². The van der Waals surface area contributed by atoms with Crippen LogP contribution in [0.1, 0.15) is 24.0 Å². The van der Waals surface area contributed by atoms with E-state index in [1.807, 2.05) is 32.0 Å². The van der Waals surface area contributed by atoms with Crippen molar-refractivity contribution < 1.29 is 14.7 Å². The Balaban J connectivity index is 2.46. The van der Waals surface area contributed by atoms with E-state index in [0.717, 1.165) is 16.8 Å². The van der Waals surface area contributed by atoms with Gasteiger partial charge < -0.3 is 5.11 Å². The quantitative estimate of drug-likeness (QED) is 0.848. The molecule has 1 aromatic carbocycles. The summed E-state index contributed by atoms with van der Waals surface area (Å²) in [5.41, 5.74) is 2.67. The van der Waals surface area contributed by atoms with E-state index in [0.29, 0.717) is 12.8 Å². The highest BCUT2D eigenvalue weighted by Crippen LogP contribution is 2.30. The summed E-state index contributed by atoms with van der Waals surface area (Å²) in [7, 11) is 0. The number of amides is 1. The summed E-state index contributed by atoms with van der Waals surface area (Å²) in [6, 6.07) is 5.02. The number of anilines is 1. The number of carbonyl (C=O) groups excluding carboxylic acids is 1. The zero-order valence-electron chi connectivity index (χ0n) is 9.93. The summed E-state index contributed by atoms with van der Waals surface area (Å²) in [4.78, 5) is 24.4. The van der Waals surface area contributed by atoms with Crippen molar-refractivity contribution in [2.24, 2.45) is 0 Å². The second kappa shape index (κ2) is 4.20. The van der Waals surface area contributed by atoms with Crippen molar-refractivity contribution in [2.75, 3.05) is 4.90 Å². The normalized spacial score (nSPS) is 19.8. The molecule has 1 aliphatic heterocycles. The third-order valence-electron chi connectivity index (χ3n) is 3.12. The minimum absolute atomic E-state index is 0.105. The average Bonchev–Trinajstić information content (AvgIpc) is 2.64. The summed E-state index contributed by atoms with van der Waals surface area (Å²) in [6.07, 6.45) is 0.700. The molecule has 1 fully saturated rings. The lowest BCUT2D eigenvalue weighted by molar-refractivity contribution is -0.138. The van der Waals surface area contributed by atoms with E-state index >= 15 is 0 Å². The van der Waals surface area contributed by atoms with Crippen molar-refractivity contribution in [3.63, 3.8) is 0 Å². The van der Waals surface area contributed by atoms with Gasteiger partial charge >= 0.3 is 5.97 Å². The van der Waals surface area contributed by atoms with Gasteiger partial charge in [-0.2, -0.15) is 0 Å². The zero-order valence-corrected chi connectivity index (χ0v) is 9.93. The second-order valence-electron chi connectivity index (χ2n) is 4.45. The monoisotopic (exact) mass is 233 g/mol. The first kappa shape index (κ1) is 11.6. The third-order valence-corrected chi connectivity index (χ3v) is 3.12. The van der Waals surface area contributed by atoms with Crippen molar-refractivity contribution >= 4 is 17.6 Å². The van der Waals surface area contributed by atoms with Crippen LogP contribution in [0.5, 0.6) is 0 Å². The average molecular weight is 233 g/mol. The summed E-state index contributed by atoms with van der Waals surface area (Å²) in [5, 5.41) is 9.13. The summed E-state index contributed by atoms with van der Waals surface area (Å²) in [5.74, 6) is -1.04. The Labute approximate surface area is 99.9 Å². The summed E-state index contributed by atoms with van der Waals surface area (Å²) < 4.78 is 0. The molecule has 0 saturated carbocycles. The molecule has 4 heteroatoms. The van der Waals surface area contributed by atoms with Crippen molar-refractivity contribution in [1.29, 1.82) is 0 Å². The number of benzene rings is 1. The topological polar surface area (TPSA) is 57.6 Å². The molecule has 0 aromatic heterocycles.